The summed E-state index contributed by atoms with van der Waals surface area (Å²) < 4.78 is 5.95. The Hall–Kier alpha value is -1.43. The van der Waals surface area contributed by atoms with Gasteiger partial charge in [-0.1, -0.05) is 24.3 Å². The number of hydrogen-bond donors (Lipinski definition) is 1. The minimum Gasteiger partial charge on any atom is -0.373 e. The number of morpholine rings is 1. The summed E-state index contributed by atoms with van der Waals surface area (Å²) in [4.78, 5) is 18.4. The molecule has 1 aliphatic carbocycles. The van der Waals surface area contributed by atoms with Gasteiger partial charge in [-0.05, 0) is 50.9 Å². The SMILES string of the molecule is C[C@@H]1CN(C2(C(=O)NCCN3CCCC3)Cc3ccccc3C2)C[C@H](C)O1. The molecule has 2 heterocycles. The van der Waals surface area contributed by atoms with E-state index in [-0.39, 0.29) is 18.1 Å². The van der Waals surface area contributed by atoms with E-state index < -0.39 is 5.54 Å². The van der Waals surface area contributed by atoms with Gasteiger partial charge in [-0.2, -0.15) is 0 Å². The van der Waals surface area contributed by atoms with E-state index in [9.17, 15) is 4.79 Å². The van der Waals surface area contributed by atoms with E-state index in [0.29, 0.717) is 0 Å². The van der Waals surface area contributed by atoms with Crippen molar-refractivity contribution in [2.45, 2.75) is 57.3 Å². The monoisotopic (exact) mass is 371 g/mol. The molecular formula is C22H33N3O2. The van der Waals surface area contributed by atoms with E-state index in [0.717, 1.165) is 39.0 Å². The molecule has 0 unspecified atom stereocenters. The van der Waals surface area contributed by atoms with Gasteiger partial charge in [0.25, 0.3) is 0 Å². The number of benzene rings is 1. The number of ether oxygens (including phenoxy) is 1. The van der Waals surface area contributed by atoms with Gasteiger partial charge in [0.2, 0.25) is 5.91 Å². The first kappa shape index (κ1) is 18.9. The summed E-state index contributed by atoms with van der Waals surface area (Å²) in [5.74, 6) is 0.194. The molecule has 5 heteroatoms. The Kier molecular flexibility index (Phi) is 5.53. The minimum absolute atomic E-state index is 0.159. The molecule has 2 fully saturated rings. The number of carbonyl (C=O) groups excluding carboxylic acids is 1. The molecule has 5 nitrogen and oxygen atoms in total. The number of hydrogen-bond acceptors (Lipinski definition) is 4. The van der Waals surface area contributed by atoms with Crippen molar-refractivity contribution in [3.05, 3.63) is 35.4 Å². The van der Waals surface area contributed by atoms with Crippen LogP contribution in [0.25, 0.3) is 0 Å². The fraction of sp³-hybridized carbons (Fsp3) is 0.682. The van der Waals surface area contributed by atoms with Crippen molar-refractivity contribution in [2.75, 3.05) is 39.3 Å². The molecule has 0 aromatic heterocycles. The second-order valence-electron chi connectivity index (χ2n) is 8.62. The van der Waals surface area contributed by atoms with Crippen LogP contribution < -0.4 is 5.32 Å². The molecule has 1 amide bonds. The number of carbonyl (C=O) groups is 1. The van der Waals surface area contributed by atoms with Gasteiger partial charge in [-0.15, -0.1) is 0 Å². The van der Waals surface area contributed by atoms with Crippen LogP contribution in [0, 0.1) is 0 Å². The summed E-state index contributed by atoms with van der Waals surface area (Å²) in [6.07, 6.45) is 4.50. The Labute approximate surface area is 163 Å². The van der Waals surface area contributed by atoms with Crippen molar-refractivity contribution in [3.8, 4) is 0 Å². The van der Waals surface area contributed by atoms with Crippen LogP contribution in [-0.2, 0) is 22.4 Å². The van der Waals surface area contributed by atoms with Gasteiger partial charge in [0.1, 0.15) is 5.54 Å². The van der Waals surface area contributed by atoms with E-state index in [1.807, 2.05) is 0 Å². The van der Waals surface area contributed by atoms with E-state index in [1.165, 1.54) is 37.1 Å². The molecule has 27 heavy (non-hydrogen) atoms. The van der Waals surface area contributed by atoms with Crippen LogP contribution in [0.15, 0.2) is 24.3 Å². The normalized spacial score (nSPS) is 28.2. The van der Waals surface area contributed by atoms with Gasteiger partial charge in [0.05, 0.1) is 12.2 Å². The predicted molar refractivity (Wildman–Crippen MR) is 107 cm³/mol. The molecule has 1 N–H and O–H groups in total. The highest BCUT2D eigenvalue weighted by molar-refractivity contribution is 5.88. The van der Waals surface area contributed by atoms with Crippen LogP contribution in [0.3, 0.4) is 0 Å². The predicted octanol–water partition coefficient (Wildman–Crippen LogP) is 1.85. The molecule has 2 atom stereocenters. The molecule has 3 aliphatic rings. The lowest BCUT2D eigenvalue weighted by molar-refractivity contribution is -0.144. The Morgan fingerprint density at radius 3 is 2.30 bits per heavy atom. The first-order valence-corrected chi connectivity index (χ1v) is 10.5. The molecule has 2 saturated heterocycles. The lowest BCUT2D eigenvalue weighted by Gasteiger charge is -2.45. The largest absolute Gasteiger partial charge is 0.373 e. The molecule has 0 spiro atoms. The Bertz CT molecular complexity index is 636. The van der Waals surface area contributed by atoms with Gasteiger partial charge in [0, 0.05) is 39.0 Å². The van der Waals surface area contributed by atoms with Crippen LogP contribution in [-0.4, -0.2) is 72.7 Å². The number of nitrogens with zero attached hydrogens (tertiary/aromatic N) is 2. The summed E-state index contributed by atoms with van der Waals surface area (Å²) in [5.41, 5.74) is 2.17. The third-order valence-corrected chi connectivity index (χ3v) is 6.44. The van der Waals surface area contributed by atoms with Gasteiger partial charge < -0.3 is 15.0 Å². The van der Waals surface area contributed by atoms with Crippen LogP contribution in [0.5, 0.6) is 0 Å². The van der Waals surface area contributed by atoms with Crippen LogP contribution in [0.1, 0.15) is 37.8 Å². The summed E-state index contributed by atoms with van der Waals surface area (Å²) in [6.45, 7) is 9.91. The molecule has 1 aromatic rings. The average Bonchev–Trinajstić information content (AvgIpc) is 3.28. The minimum atomic E-state index is -0.471. The maximum absolute atomic E-state index is 13.5. The molecule has 2 aliphatic heterocycles. The highest BCUT2D eigenvalue weighted by Crippen LogP contribution is 2.36. The number of fused-ring (bicyclic) bond motifs is 1. The average molecular weight is 372 g/mol. The van der Waals surface area contributed by atoms with E-state index in [2.05, 4.69) is 53.2 Å². The van der Waals surface area contributed by atoms with Gasteiger partial charge in [-0.25, -0.2) is 0 Å². The third kappa shape index (κ3) is 3.91. The first-order chi connectivity index (χ1) is 13.1. The van der Waals surface area contributed by atoms with E-state index >= 15 is 0 Å². The summed E-state index contributed by atoms with van der Waals surface area (Å²) >= 11 is 0. The maximum atomic E-state index is 13.5. The Morgan fingerprint density at radius 1 is 1.11 bits per heavy atom. The zero-order chi connectivity index (χ0) is 18.9. The topological polar surface area (TPSA) is 44.8 Å². The number of amides is 1. The quantitative estimate of drug-likeness (QED) is 0.858. The third-order valence-electron chi connectivity index (χ3n) is 6.44. The van der Waals surface area contributed by atoms with Crippen LogP contribution >= 0.6 is 0 Å². The van der Waals surface area contributed by atoms with E-state index in [1.54, 1.807) is 0 Å². The Morgan fingerprint density at radius 2 is 1.70 bits per heavy atom. The number of nitrogens with one attached hydrogen (secondary N) is 1. The molecule has 1 aromatic carbocycles. The van der Waals surface area contributed by atoms with Gasteiger partial charge in [0.15, 0.2) is 0 Å². The van der Waals surface area contributed by atoms with Gasteiger partial charge in [-0.3, -0.25) is 9.69 Å². The molecule has 148 valence electrons. The van der Waals surface area contributed by atoms with E-state index in [4.69, 9.17) is 4.74 Å². The van der Waals surface area contributed by atoms with Crippen LogP contribution in [0.4, 0.5) is 0 Å². The van der Waals surface area contributed by atoms with Crippen molar-refractivity contribution in [1.82, 2.24) is 15.1 Å². The fourth-order valence-electron chi connectivity index (χ4n) is 5.15. The van der Waals surface area contributed by atoms with Crippen molar-refractivity contribution < 1.29 is 9.53 Å². The van der Waals surface area contributed by atoms with Crippen molar-refractivity contribution in [1.29, 1.82) is 0 Å². The molecular weight excluding hydrogens is 338 g/mol. The summed E-state index contributed by atoms with van der Waals surface area (Å²) in [7, 11) is 0. The lowest BCUT2D eigenvalue weighted by atomic mass is 9.90. The zero-order valence-corrected chi connectivity index (χ0v) is 16.7. The van der Waals surface area contributed by atoms with Crippen molar-refractivity contribution >= 4 is 5.91 Å². The lowest BCUT2D eigenvalue weighted by Crippen LogP contribution is -2.64. The number of likely N-dealkylation sites (tertiary alicyclic amines) is 1. The summed E-state index contributed by atoms with van der Waals surface area (Å²) in [5, 5.41) is 3.29. The number of rotatable bonds is 5. The smallest absolute Gasteiger partial charge is 0.241 e. The second-order valence-corrected chi connectivity index (χ2v) is 8.62. The van der Waals surface area contributed by atoms with Crippen molar-refractivity contribution in [3.63, 3.8) is 0 Å². The molecule has 0 saturated carbocycles. The highest BCUT2D eigenvalue weighted by atomic mass is 16.5. The highest BCUT2D eigenvalue weighted by Gasteiger charge is 2.49. The standard InChI is InChI=1S/C22H33N3O2/c1-17-15-25(16-18(2)27-17)22(13-19-7-3-4-8-20(19)14-22)21(26)23-9-12-24-10-5-6-11-24/h3-4,7-8,17-18H,5-6,9-16H2,1-2H3,(H,23,26)/t17-,18+. The Balaban J connectivity index is 1.50. The van der Waals surface area contributed by atoms with Crippen molar-refractivity contribution in [2.24, 2.45) is 0 Å². The first-order valence-electron chi connectivity index (χ1n) is 10.5. The van der Waals surface area contributed by atoms with Gasteiger partial charge >= 0.3 is 0 Å². The second kappa shape index (κ2) is 7.90. The maximum Gasteiger partial charge on any atom is 0.241 e. The molecule has 0 radical (unpaired) electrons. The fourth-order valence-corrected chi connectivity index (χ4v) is 5.15. The summed E-state index contributed by atoms with van der Waals surface area (Å²) in [6, 6.07) is 8.54. The zero-order valence-electron chi connectivity index (χ0n) is 16.7. The molecule has 0 bridgehead atoms. The van der Waals surface area contributed by atoms with Crippen LogP contribution in [0.2, 0.25) is 0 Å². The molecule has 4 rings (SSSR count).